The zero-order valence-electron chi connectivity index (χ0n) is 16.5. The van der Waals surface area contributed by atoms with E-state index >= 15 is 0 Å². The Morgan fingerprint density at radius 3 is 2.60 bits per heavy atom. The molecule has 0 unspecified atom stereocenters. The van der Waals surface area contributed by atoms with E-state index in [9.17, 15) is 0 Å². The van der Waals surface area contributed by atoms with Gasteiger partial charge in [-0.2, -0.15) is 0 Å². The molecule has 0 saturated heterocycles. The van der Waals surface area contributed by atoms with E-state index in [0.717, 1.165) is 31.0 Å². The Balaban J connectivity index is 1.41. The number of rotatable bonds is 8. The molecule has 2 aliphatic rings. The quantitative estimate of drug-likeness (QED) is 0.374. The van der Waals surface area contributed by atoms with Crippen molar-refractivity contribution >= 4 is 0 Å². The Kier molecular flexibility index (Phi) is 6.39. The average molecular weight is 341 g/mol. The van der Waals surface area contributed by atoms with Crippen LogP contribution >= 0.6 is 0 Å². The van der Waals surface area contributed by atoms with Gasteiger partial charge >= 0.3 is 0 Å². The van der Waals surface area contributed by atoms with Crippen molar-refractivity contribution in [2.45, 2.75) is 72.3 Å². The van der Waals surface area contributed by atoms with E-state index < -0.39 is 0 Å². The molecule has 0 heterocycles. The SMILES string of the molecule is CC(C)(C)CC1=C[C@H]2CCC[C@H]2[C@@H]1CCCCOCc1ccccc1. The number of hydrogen-bond acceptors (Lipinski definition) is 1. The van der Waals surface area contributed by atoms with Crippen molar-refractivity contribution in [1.82, 2.24) is 0 Å². The van der Waals surface area contributed by atoms with Gasteiger partial charge in [0.25, 0.3) is 0 Å². The highest BCUT2D eigenvalue weighted by Crippen LogP contribution is 2.50. The third kappa shape index (κ3) is 5.45. The van der Waals surface area contributed by atoms with Gasteiger partial charge in [-0.15, -0.1) is 0 Å². The van der Waals surface area contributed by atoms with Crippen LogP contribution in [0, 0.1) is 23.2 Å². The second-order valence-corrected chi connectivity index (χ2v) is 9.38. The Morgan fingerprint density at radius 2 is 1.84 bits per heavy atom. The fourth-order valence-corrected chi connectivity index (χ4v) is 4.93. The van der Waals surface area contributed by atoms with E-state index in [0.29, 0.717) is 5.41 Å². The summed E-state index contributed by atoms with van der Waals surface area (Å²) in [6.45, 7) is 8.81. The molecule has 0 bridgehead atoms. The molecule has 3 atom stereocenters. The first-order chi connectivity index (χ1) is 12.0. The zero-order valence-corrected chi connectivity index (χ0v) is 16.5. The predicted octanol–water partition coefficient (Wildman–Crippen LogP) is 6.78. The van der Waals surface area contributed by atoms with Gasteiger partial charge in [-0.1, -0.05) is 75.6 Å². The van der Waals surface area contributed by atoms with Crippen molar-refractivity contribution in [2.75, 3.05) is 6.61 Å². The maximum Gasteiger partial charge on any atom is 0.0716 e. The van der Waals surface area contributed by atoms with E-state index in [4.69, 9.17) is 4.74 Å². The van der Waals surface area contributed by atoms with Crippen LogP contribution in [-0.4, -0.2) is 6.61 Å². The van der Waals surface area contributed by atoms with Crippen molar-refractivity contribution in [3.63, 3.8) is 0 Å². The van der Waals surface area contributed by atoms with Crippen LogP contribution in [0.4, 0.5) is 0 Å². The Morgan fingerprint density at radius 1 is 1.04 bits per heavy atom. The fourth-order valence-electron chi connectivity index (χ4n) is 4.93. The van der Waals surface area contributed by atoms with Gasteiger partial charge in [-0.05, 0) is 60.8 Å². The van der Waals surface area contributed by atoms with Gasteiger partial charge in [0.1, 0.15) is 0 Å². The van der Waals surface area contributed by atoms with Crippen LogP contribution in [0.3, 0.4) is 0 Å². The predicted molar refractivity (Wildman–Crippen MR) is 106 cm³/mol. The Labute approximate surface area is 154 Å². The molecule has 1 aromatic rings. The third-order valence-corrected chi connectivity index (χ3v) is 5.95. The van der Waals surface area contributed by atoms with Gasteiger partial charge < -0.3 is 4.74 Å². The summed E-state index contributed by atoms with van der Waals surface area (Å²) in [7, 11) is 0. The van der Waals surface area contributed by atoms with Gasteiger partial charge in [0, 0.05) is 6.61 Å². The van der Waals surface area contributed by atoms with E-state index in [2.05, 4.69) is 57.2 Å². The summed E-state index contributed by atoms with van der Waals surface area (Å²) >= 11 is 0. The van der Waals surface area contributed by atoms with Gasteiger partial charge in [0.2, 0.25) is 0 Å². The lowest BCUT2D eigenvalue weighted by molar-refractivity contribution is 0.115. The second kappa shape index (κ2) is 8.54. The second-order valence-electron chi connectivity index (χ2n) is 9.38. The minimum atomic E-state index is 0.418. The molecule has 1 fully saturated rings. The molecule has 25 heavy (non-hydrogen) atoms. The van der Waals surface area contributed by atoms with E-state index in [1.54, 1.807) is 5.57 Å². The van der Waals surface area contributed by atoms with Crippen molar-refractivity contribution in [2.24, 2.45) is 23.2 Å². The molecular weight excluding hydrogens is 304 g/mol. The summed E-state index contributed by atoms with van der Waals surface area (Å²) in [6.07, 6.45) is 12.2. The minimum absolute atomic E-state index is 0.418. The van der Waals surface area contributed by atoms with E-state index in [1.807, 2.05) is 0 Å². The highest BCUT2D eigenvalue weighted by molar-refractivity contribution is 5.21. The first-order valence-electron chi connectivity index (χ1n) is 10.4. The standard InChI is InChI=1S/C24H36O/c1-24(2,3)17-21-16-20-12-9-14-22(20)23(21)13-7-8-15-25-18-19-10-5-4-6-11-19/h4-6,10-11,16,20,22-23H,7-9,12-15,17-18H2,1-3H3/t20-,22-,23-/m1/s1. The van der Waals surface area contributed by atoms with Crippen molar-refractivity contribution < 1.29 is 4.74 Å². The lowest BCUT2D eigenvalue weighted by Gasteiger charge is -2.27. The van der Waals surface area contributed by atoms with Gasteiger partial charge in [0.15, 0.2) is 0 Å². The van der Waals surface area contributed by atoms with Gasteiger partial charge in [-0.25, -0.2) is 0 Å². The average Bonchev–Trinajstić information content (AvgIpc) is 3.12. The minimum Gasteiger partial charge on any atom is -0.377 e. The van der Waals surface area contributed by atoms with E-state index in [-0.39, 0.29) is 0 Å². The zero-order chi connectivity index (χ0) is 17.7. The van der Waals surface area contributed by atoms with Crippen LogP contribution < -0.4 is 0 Å². The van der Waals surface area contributed by atoms with Crippen LogP contribution in [0.5, 0.6) is 0 Å². The summed E-state index contributed by atoms with van der Waals surface area (Å²) in [5.41, 5.74) is 3.48. The smallest absolute Gasteiger partial charge is 0.0716 e. The molecule has 1 saturated carbocycles. The van der Waals surface area contributed by atoms with Crippen LogP contribution in [0.1, 0.15) is 71.3 Å². The summed E-state index contributed by atoms with van der Waals surface area (Å²) in [6, 6.07) is 10.5. The number of unbranched alkanes of at least 4 members (excludes halogenated alkanes) is 1. The first kappa shape index (κ1) is 18.7. The van der Waals surface area contributed by atoms with Crippen molar-refractivity contribution in [1.29, 1.82) is 0 Å². The molecule has 0 N–H and O–H groups in total. The number of benzene rings is 1. The lowest BCUT2D eigenvalue weighted by Crippen LogP contribution is -2.16. The third-order valence-electron chi connectivity index (χ3n) is 5.95. The van der Waals surface area contributed by atoms with E-state index in [1.165, 1.54) is 50.5 Å². The normalized spacial score (nSPS) is 25.9. The molecule has 0 amide bonds. The molecule has 1 heteroatoms. The van der Waals surface area contributed by atoms with Gasteiger partial charge in [-0.3, -0.25) is 0 Å². The van der Waals surface area contributed by atoms with Crippen LogP contribution in [0.25, 0.3) is 0 Å². The molecule has 1 aromatic carbocycles. The molecular formula is C24H36O. The van der Waals surface area contributed by atoms with Crippen LogP contribution in [-0.2, 0) is 11.3 Å². The van der Waals surface area contributed by atoms with Crippen molar-refractivity contribution in [3.8, 4) is 0 Å². The monoisotopic (exact) mass is 340 g/mol. The molecule has 1 nitrogen and oxygen atoms in total. The molecule has 2 aliphatic carbocycles. The topological polar surface area (TPSA) is 9.23 Å². The van der Waals surface area contributed by atoms with Gasteiger partial charge in [0.05, 0.1) is 6.61 Å². The number of fused-ring (bicyclic) bond motifs is 1. The van der Waals surface area contributed by atoms with Crippen molar-refractivity contribution in [3.05, 3.63) is 47.5 Å². The van der Waals surface area contributed by atoms with Crippen LogP contribution in [0.15, 0.2) is 42.0 Å². The fraction of sp³-hybridized carbons (Fsp3) is 0.667. The lowest BCUT2D eigenvalue weighted by atomic mass is 9.78. The highest BCUT2D eigenvalue weighted by Gasteiger charge is 2.39. The summed E-state index contributed by atoms with van der Waals surface area (Å²) < 4.78 is 5.86. The highest BCUT2D eigenvalue weighted by atomic mass is 16.5. The Bertz CT molecular complexity index is 551. The summed E-state index contributed by atoms with van der Waals surface area (Å²) in [5, 5.41) is 0. The molecule has 0 spiro atoms. The molecule has 0 aromatic heterocycles. The van der Waals surface area contributed by atoms with Crippen LogP contribution in [0.2, 0.25) is 0 Å². The maximum absolute atomic E-state index is 5.86. The maximum atomic E-state index is 5.86. The largest absolute Gasteiger partial charge is 0.377 e. The first-order valence-corrected chi connectivity index (χ1v) is 10.4. The molecule has 138 valence electrons. The Hall–Kier alpha value is -1.08. The molecule has 3 rings (SSSR count). The molecule has 0 radical (unpaired) electrons. The number of hydrogen-bond donors (Lipinski definition) is 0. The number of allylic oxidation sites excluding steroid dienone is 2. The summed E-state index contributed by atoms with van der Waals surface area (Å²) in [4.78, 5) is 0. The summed E-state index contributed by atoms with van der Waals surface area (Å²) in [5.74, 6) is 2.72. The molecule has 0 aliphatic heterocycles. The number of ether oxygens (including phenoxy) is 1.